The Hall–Kier alpha value is -2.18. The van der Waals surface area contributed by atoms with Crippen molar-refractivity contribution >= 4 is 11.9 Å². The molecule has 1 aliphatic carbocycles. The molecule has 0 aromatic heterocycles. The number of guanidine groups is 1. The maximum absolute atomic E-state index is 13.8. The molecule has 2 N–H and O–H groups in total. The lowest BCUT2D eigenvalue weighted by molar-refractivity contribution is -0.138. The van der Waals surface area contributed by atoms with E-state index in [9.17, 15) is 13.6 Å². The molecular formula is C20H30F2N4O. The molecule has 0 unspecified atom stereocenters. The molecule has 2 rings (SSSR count). The van der Waals surface area contributed by atoms with E-state index in [1.807, 2.05) is 6.92 Å². The van der Waals surface area contributed by atoms with Crippen LogP contribution < -0.4 is 10.6 Å². The van der Waals surface area contributed by atoms with Crippen molar-refractivity contribution in [3.8, 4) is 0 Å². The van der Waals surface area contributed by atoms with E-state index in [1.54, 1.807) is 25.1 Å². The van der Waals surface area contributed by atoms with Gasteiger partial charge in [-0.05, 0) is 37.8 Å². The summed E-state index contributed by atoms with van der Waals surface area (Å²) < 4.78 is 27.0. The summed E-state index contributed by atoms with van der Waals surface area (Å²) in [7, 11) is 3.56. The number of nitrogens with one attached hydrogen (secondary N) is 2. The molecule has 1 fully saturated rings. The maximum Gasteiger partial charge on any atom is 0.230 e. The largest absolute Gasteiger partial charge is 0.357 e. The minimum absolute atomic E-state index is 0.126. The van der Waals surface area contributed by atoms with Gasteiger partial charge in [0.05, 0.1) is 12.0 Å². The monoisotopic (exact) mass is 380 g/mol. The van der Waals surface area contributed by atoms with Crippen molar-refractivity contribution < 1.29 is 13.6 Å². The molecule has 0 saturated heterocycles. The van der Waals surface area contributed by atoms with Gasteiger partial charge < -0.3 is 15.5 Å². The fraction of sp³-hybridized carbons (Fsp3) is 0.600. The van der Waals surface area contributed by atoms with E-state index in [0.29, 0.717) is 37.6 Å². The molecular weight excluding hydrogens is 350 g/mol. The molecule has 1 aromatic carbocycles. The molecule has 1 saturated carbocycles. The number of aliphatic imine (C=N–C) groups is 1. The molecule has 0 spiro atoms. The second-order valence-electron chi connectivity index (χ2n) is 7.27. The number of hydrogen-bond donors (Lipinski definition) is 2. The summed E-state index contributed by atoms with van der Waals surface area (Å²) in [6, 6.07) is 4.19. The van der Waals surface area contributed by atoms with Gasteiger partial charge >= 0.3 is 0 Å². The summed E-state index contributed by atoms with van der Waals surface area (Å²) in [5.74, 6) is -0.922. The Morgan fingerprint density at radius 2 is 1.93 bits per heavy atom. The van der Waals surface area contributed by atoms with Crippen LogP contribution in [0.5, 0.6) is 0 Å². The lowest BCUT2D eigenvalue weighted by atomic mass is 9.85. The van der Waals surface area contributed by atoms with Crippen molar-refractivity contribution in [1.82, 2.24) is 15.5 Å². The van der Waals surface area contributed by atoms with E-state index in [2.05, 4.69) is 15.6 Å². The van der Waals surface area contributed by atoms with Crippen LogP contribution >= 0.6 is 0 Å². The second-order valence-corrected chi connectivity index (χ2v) is 7.27. The van der Waals surface area contributed by atoms with Crippen LogP contribution in [-0.2, 0) is 11.2 Å². The molecule has 0 aliphatic heterocycles. The average molecular weight is 380 g/mol. The van der Waals surface area contributed by atoms with Crippen LogP contribution in [0.25, 0.3) is 0 Å². The normalized spacial score (nSPS) is 16.3. The van der Waals surface area contributed by atoms with Gasteiger partial charge in [-0.15, -0.1) is 0 Å². The van der Waals surface area contributed by atoms with Crippen LogP contribution in [0, 0.1) is 17.0 Å². The zero-order chi connectivity index (χ0) is 19.9. The first-order valence-corrected chi connectivity index (χ1v) is 9.56. The SMILES string of the molecule is CCNC(=NCC1(C(=O)N(C)C)CCCC1)NCCc1cccc(F)c1F. The molecule has 0 heterocycles. The first-order chi connectivity index (χ1) is 12.9. The molecule has 150 valence electrons. The molecule has 1 amide bonds. The van der Waals surface area contributed by atoms with Gasteiger partial charge in [0.1, 0.15) is 0 Å². The topological polar surface area (TPSA) is 56.7 Å². The predicted molar refractivity (Wildman–Crippen MR) is 104 cm³/mol. The molecule has 0 bridgehead atoms. The van der Waals surface area contributed by atoms with E-state index in [4.69, 9.17) is 0 Å². The van der Waals surface area contributed by atoms with Crippen LogP contribution in [0.3, 0.4) is 0 Å². The number of amides is 1. The van der Waals surface area contributed by atoms with Gasteiger partial charge in [-0.25, -0.2) is 8.78 Å². The van der Waals surface area contributed by atoms with Gasteiger partial charge in [-0.2, -0.15) is 0 Å². The smallest absolute Gasteiger partial charge is 0.230 e. The Bertz CT molecular complexity index is 670. The standard InChI is InChI=1S/C20H30F2N4O/c1-4-23-19(24-13-10-15-8-7-9-16(21)17(15)22)25-14-20(11-5-6-12-20)18(27)26(2)3/h7-9H,4-6,10-14H2,1-3H3,(H2,23,24,25). The summed E-state index contributed by atoms with van der Waals surface area (Å²) in [5, 5.41) is 6.30. The van der Waals surface area contributed by atoms with E-state index in [-0.39, 0.29) is 5.91 Å². The third-order valence-corrected chi connectivity index (χ3v) is 5.02. The molecule has 1 aromatic rings. The summed E-state index contributed by atoms with van der Waals surface area (Å²) in [6.07, 6.45) is 4.12. The third-order valence-electron chi connectivity index (χ3n) is 5.02. The van der Waals surface area contributed by atoms with Crippen molar-refractivity contribution in [1.29, 1.82) is 0 Å². The van der Waals surface area contributed by atoms with Crippen molar-refractivity contribution in [3.63, 3.8) is 0 Å². The van der Waals surface area contributed by atoms with Gasteiger partial charge in [-0.3, -0.25) is 9.79 Å². The minimum atomic E-state index is -0.835. The highest BCUT2D eigenvalue weighted by atomic mass is 19.2. The Balaban J connectivity index is 2.00. The van der Waals surface area contributed by atoms with Crippen molar-refractivity contribution in [2.45, 2.75) is 39.0 Å². The fourth-order valence-corrected chi connectivity index (χ4v) is 3.59. The summed E-state index contributed by atoms with van der Waals surface area (Å²) >= 11 is 0. The van der Waals surface area contributed by atoms with Crippen LogP contribution in [0.2, 0.25) is 0 Å². The van der Waals surface area contributed by atoms with Crippen molar-refractivity contribution in [2.75, 3.05) is 33.7 Å². The lowest BCUT2D eigenvalue weighted by Gasteiger charge is -2.29. The van der Waals surface area contributed by atoms with E-state index in [0.717, 1.165) is 31.7 Å². The van der Waals surface area contributed by atoms with E-state index in [1.165, 1.54) is 6.07 Å². The van der Waals surface area contributed by atoms with Gasteiger partial charge in [0, 0.05) is 27.2 Å². The third kappa shape index (κ3) is 5.40. The predicted octanol–water partition coefficient (Wildman–Crippen LogP) is 2.71. The highest BCUT2D eigenvalue weighted by Gasteiger charge is 2.42. The maximum atomic E-state index is 13.8. The minimum Gasteiger partial charge on any atom is -0.357 e. The number of hydrogen-bond acceptors (Lipinski definition) is 2. The Labute approximate surface area is 160 Å². The molecule has 27 heavy (non-hydrogen) atoms. The summed E-state index contributed by atoms with van der Waals surface area (Å²) in [6.45, 7) is 3.48. The highest BCUT2D eigenvalue weighted by Crippen LogP contribution is 2.39. The number of carbonyl (C=O) groups excluding carboxylic acids is 1. The average Bonchev–Trinajstić information content (AvgIpc) is 3.12. The van der Waals surface area contributed by atoms with Crippen LogP contribution in [0.15, 0.2) is 23.2 Å². The molecule has 5 nitrogen and oxygen atoms in total. The van der Waals surface area contributed by atoms with E-state index >= 15 is 0 Å². The Kier molecular flexibility index (Phi) is 7.56. The number of carbonyl (C=O) groups is 1. The molecule has 0 atom stereocenters. The number of halogens is 2. The van der Waals surface area contributed by atoms with Crippen LogP contribution in [0.4, 0.5) is 8.78 Å². The highest BCUT2D eigenvalue weighted by molar-refractivity contribution is 5.84. The Morgan fingerprint density at radius 1 is 1.22 bits per heavy atom. The summed E-state index contributed by atoms with van der Waals surface area (Å²) in [5.41, 5.74) is -0.103. The first-order valence-electron chi connectivity index (χ1n) is 9.56. The zero-order valence-electron chi connectivity index (χ0n) is 16.4. The molecule has 7 heteroatoms. The quantitative estimate of drug-likeness (QED) is 0.565. The molecule has 0 radical (unpaired) electrons. The zero-order valence-corrected chi connectivity index (χ0v) is 16.4. The summed E-state index contributed by atoms with van der Waals surface area (Å²) in [4.78, 5) is 18.9. The van der Waals surface area contributed by atoms with E-state index < -0.39 is 17.0 Å². The van der Waals surface area contributed by atoms with Crippen LogP contribution in [0.1, 0.15) is 38.2 Å². The second kappa shape index (κ2) is 9.67. The van der Waals surface area contributed by atoms with Crippen LogP contribution in [-0.4, -0.2) is 50.5 Å². The van der Waals surface area contributed by atoms with Gasteiger partial charge in [0.25, 0.3) is 0 Å². The lowest BCUT2D eigenvalue weighted by Crippen LogP contribution is -2.43. The van der Waals surface area contributed by atoms with Crippen molar-refractivity contribution in [2.24, 2.45) is 10.4 Å². The molecule has 1 aliphatic rings. The first kappa shape index (κ1) is 21.1. The Morgan fingerprint density at radius 3 is 2.56 bits per heavy atom. The fourth-order valence-electron chi connectivity index (χ4n) is 3.59. The van der Waals surface area contributed by atoms with Crippen molar-refractivity contribution in [3.05, 3.63) is 35.4 Å². The number of nitrogens with zero attached hydrogens (tertiary/aromatic N) is 2. The number of benzene rings is 1. The number of rotatable bonds is 7. The van der Waals surface area contributed by atoms with Gasteiger partial charge in [-0.1, -0.05) is 25.0 Å². The van der Waals surface area contributed by atoms with Gasteiger partial charge in [0.15, 0.2) is 17.6 Å². The van der Waals surface area contributed by atoms with Gasteiger partial charge in [0.2, 0.25) is 5.91 Å².